The van der Waals surface area contributed by atoms with Gasteiger partial charge < -0.3 is 9.84 Å². The first-order chi connectivity index (χ1) is 13.9. The number of benzene rings is 1. The molecule has 4 rings (SSSR count). The van der Waals surface area contributed by atoms with E-state index in [1.165, 1.54) is 23.5 Å². The monoisotopic (exact) mass is 431 g/mol. The maximum atomic E-state index is 12.9. The van der Waals surface area contributed by atoms with Gasteiger partial charge in [-0.1, -0.05) is 17.6 Å². The SMILES string of the molecule is CC1CCCCN1S(=O)(=O)c1ccc(NC(=O)c2cc(-c3cccs3)on2)cc1. The normalized spacial score (nSPS) is 17.9. The highest BCUT2D eigenvalue weighted by atomic mass is 32.2. The molecular weight excluding hydrogens is 410 g/mol. The van der Waals surface area contributed by atoms with Crippen molar-refractivity contribution in [2.75, 3.05) is 11.9 Å². The van der Waals surface area contributed by atoms with E-state index in [4.69, 9.17) is 4.52 Å². The minimum Gasteiger partial charge on any atom is -0.355 e. The first kappa shape index (κ1) is 19.8. The number of hydrogen-bond donors (Lipinski definition) is 1. The molecule has 0 spiro atoms. The lowest BCUT2D eigenvalue weighted by atomic mass is 10.1. The Morgan fingerprint density at radius 2 is 2.03 bits per heavy atom. The van der Waals surface area contributed by atoms with Gasteiger partial charge in [0.15, 0.2) is 11.5 Å². The molecule has 0 saturated carbocycles. The molecule has 1 N–H and O–H groups in total. The fourth-order valence-corrected chi connectivity index (χ4v) is 5.76. The van der Waals surface area contributed by atoms with Crippen molar-refractivity contribution in [3.8, 4) is 10.6 Å². The van der Waals surface area contributed by atoms with Gasteiger partial charge in [0.25, 0.3) is 5.91 Å². The second kappa shape index (κ2) is 8.10. The van der Waals surface area contributed by atoms with Crippen LogP contribution < -0.4 is 5.32 Å². The van der Waals surface area contributed by atoms with Gasteiger partial charge in [0, 0.05) is 24.3 Å². The number of aromatic nitrogens is 1. The molecule has 2 aromatic heterocycles. The third kappa shape index (κ3) is 4.12. The van der Waals surface area contributed by atoms with E-state index in [9.17, 15) is 13.2 Å². The maximum Gasteiger partial charge on any atom is 0.277 e. The quantitative estimate of drug-likeness (QED) is 0.653. The van der Waals surface area contributed by atoms with Gasteiger partial charge in [0.2, 0.25) is 10.0 Å². The Kier molecular flexibility index (Phi) is 5.53. The molecule has 3 aromatic rings. The summed E-state index contributed by atoms with van der Waals surface area (Å²) in [4.78, 5) is 13.5. The molecule has 1 saturated heterocycles. The lowest BCUT2D eigenvalue weighted by Gasteiger charge is -2.32. The number of anilines is 1. The first-order valence-electron chi connectivity index (χ1n) is 9.39. The van der Waals surface area contributed by atoms with Crippen LogP contribution in [0.1, 0.15) is 36.7 Å². The van der Waals surface area contributed by atoms with E-state index < -0.39 is 15.9 Å². The number of nitrogens with one attached hydrogen (secondary N) is 1. The molecule has 1 atom stereocenters. The van der Waals surface area contributed by atoms with Crippen molar-refractivity contribution in [1.82, 2.24) is 9.46 Å². The molecule has 0 radical (unpaired) electrons. The summed E-state index contributed by atoms with van der Waals surface area (Å²) in [6.45, 7) is 2.48. The zero-order valence-electron chi connectivity index (χ0n) is 15.9. The van der Waals surface area contributed by atoms with Crippen LogP contribution in [0.15, 0.2) is 57.3 Å². The molecule has 1 amide bonds. The molecule has 1 aliphatic rings. The summed E-state index contributed by atoms with van der Waals surface area (Å²) in [7, 11) is -3.54. The van der Waals surface area contributed by atoms with Crippen LogP contribution in [0.4, 0.5) is 5.69 Å². The highest BCUT2D eigenvalue weighted by molar-refractivity contribution is 7.89. The van der Waals surface area contributed by atoms with Gasteiger partial charge >= 0.3 is 0 Å². The summed E-state index contributed by atoms with van der Waals surface area (Å²) in [5.74, 6) is 0.110. The van der Waals surface area contributed by atoms with Crippen LogP contribution in [0.2, 0.25) is 0 Å². The van der Waals surface area contributed by atoms with Crippen LogP contribution in [0.5, 0.6) is 0 Å². The highest BCUT2D eigenvalue weighted by Crippen LogP contribution is 2.27. The average molecular weight is 432 g/mol. The molecule has 0 bridgehead atoms. The van der Waals surface area contributed by atoms with Crippen LogP contribution in [-0.2, 0) is 10.0 Å². The second-order valence-electron chi connectivity index (χ2n) is 6.99. The Morgan fingerprint density at radius 3 is 2.72 bits per heavy atom. The van der Waals surface area contributed by atoms with Gasteiger partial charge in [0.1, 0.15) is 0 Å². The third-order valence-corrected chi connectivity index (χ3v) is 7.88. The first-order valence-corrected chi connectivity index (χ1v) is 11.7. The molecule has 29 heavy (non-hydrogen) atoms. The van der Waals surface area contributed by atoms with Crippen molar-refractivity contribution < 1.29 is 17.7 Å². The van der Waals surface area contributed by atoms with E-state index >= 15 is 0 Å². The van der Waals surface area contributed by atoms with Gasteiger partial charge in [-0.3, -0.25) is 4.79 Å². The van der Waals surface area contributed by atoms with Crippen molar-refractivity contribution in [2.45, 2.75) is 37.1 Å². The summed E-state index contributed by atoms with van der Waals surface area (Å²) in [5.41, 5.74) is 0.647. The summed E-state index contributed by atoms with van der Waals surface area (Å²) in [6, 6.07) is 11.6. The van der Waals surface area contributed by atoms with E-state index in [0.717, 1.165) is 24.1 Å². The predicted octanol–water partition coefficient (Wildman–Crippen LogP) is 4.22. The summed E-state index contributed by atoms with van der Waals surface area (Å²) in [5, 5.41) is 8.44. The van der Waals surface area contributed by atoms with E-state index in [-0.39, 0.29) is 16.6 Å². The number of nitrogens with zero attached hydrogens (tertiary/aromatic N) is 2. The van der Waals surface area contributed by atoms with Crippen LogP contribution >= 0.6 is 11.3 Å². The second-order valence-corrected chi connectivity index (χ2v) is 9.83. The Balaban J connectivity index is 1.46. The van der Waals surface area contributed by atoms with E-state index in [1.807, 2.05) is 24.4 Å². The standard InChI is InChI=1S/C20H21N3O4S2/c1-14-5-2-3-11-23(14)29(25,26)16-9-7-15(8-10-16)21-20(24)17-13-18(27-22-17)19-6-4-12-28-19/h4,6-10,12-14H,2-3,5,11H2,1H3,(H,21,24). The molecule has 1 unspecified atom stereocenters. The number of rotatable bonds is 5. The predicted molar refractivity (Wildman–Crippen MR) is 111 cm³/mol. The number of thiophene rings is 1. The zero-order chi connectivity index (χ0) is 20.4. The van der Waals surface area contributed by atoms with E-state index in [0.29, 0.717) is 18.0 Å². The van der Waals surface area contributed by atoms with E-state index in [1.54, 1.807) is 22.5 Å². The number of hydrogen-bond acceptors (Lipinski definition) is 6. The lowest BCUT2D eigenvalue weighted by Crippen LogP contribution is -2.41. The Bertz CT molecular complexity index is 1090. The van der Waals surface area contributed by atoms with Gasteiger partial charge in [-0.05, 0) is 55.5 Å². The topological polar surface area (TPSA) is 92.5 Å². The van der Waals surface area contributed by atoms with Crippen molar-refractivity contribution in [3.05, 3.63) is 53.5 Å². The Hall–Kier alpha value is -2.49. The van der Waals surface area contributed by atoms with Crippen LogP contribution in [0.25, 0.3) is 10.6 Å². The molecule has 1 fully saturated rings. The highest BCUT2D eigenvalue weighted by Gasteiger charge is 2.30. The van der Waals surface area contributed by atoms with Crippen molar-refractivity contribution in [2.24, 2.45) is 0 Å². The van der Waals surface area contributed by atoms with Crippen LogP contribution in [0, 0.1) is 0 Å². The lowest BCUT2D eigenvalue weighted by molar-refractivity contribution is 0.101. The molecule has 1 aromatic carbocycles. The summed E-state index contributed by atoms with van der Waals surface area (Å²) in [6.07, 6.45) is 2.80. The van der Waals surface area contributed by atoms with Gasteiger partial charge in [0.05, 0.1) is 9.77 Å². The number of carbonyl (C=O) groups is 1. The zero-order valence-corrected chi connectivity index (χ0v) is 17.5. The van der Waals surface area contributed by atoms with Gasteiger partial charge in [-0.2, -0.15) is 4.31 Å². The van der Waals surface area contributed by atoms with Gasteiger partial charge in [-0.25, -0.2) is 8.42 Å². The summed E-state index contributed by atoms with van der Waals surface area (Å²) >= 11 is 1.49. The molecule has 0 aliphatic carbocycles. The van der Waals surface area contributed by atoms with Crippen LogP contribution in [0.3, 0.4) is 0 Å². The summed E-state index contributed by atoms with van der Waals surface area (Å²) < 4.78 is 32.6. The molecule has 7 nitrogen and oxygen atoms in total. The Labute approximate surface area is 173 Å². The van der Waals surface area contributed by atoms with E-state index in [2.05, 4.69) is 10.5 Å². The van der Waals surface area contributed by atoms with Crippen molar-refractivity contribution in [1.29, 1.82) is 0 Å². The number of amides is 1. The third-order valence-electron chi connectivity index (χ3n) is 4.97. The fraction of sp³-hybridized carbons (Fsp3) is 0.300. The minimum absolute atomic E-state index is 0.00200. The number of sulfonamides is 1. The molecule has 9 heteroatoms. The van der Waals surface area contributed by atoms with Crippen molar-refractivity contribution in [3.63, 3.8) is 0 Å². The van der Waals surface area contributed by atoms with Crippen molar-refractivity contribution >= 4 is 33.0 Å². The average Bonchev–Trinajstić information content (AvgIpc) is 3.40. The Morgan fingerprint density at radius 1 is 1.24 bits per heavy atom. The van der Waals surface area contributed by atoms with Gasteiger partial charge in [-0.15, -0.1) is 11.3 Å². The minimum atomic E-state index is -3.54. The molecular formula is C20H21N3O4S2. The molecule has 1 aliphatic heterocycles. The fourth-order valence-electron chi connectivity index (χ4n) is 3.39. The number of carbonyl (C=O) groups excluding carboxylic acids is 1. The smallest absolute Gasteiger partial charge is 0.277 e. The molecule has 152 valence electrons. The largest absolute Gasteiger partial charge is 0.355 e. The molecule has 3 heterocycles. The van der Waals surface area contributed by atoms with Crippen LogP contribution in [-0.4, -0.2) is 36.4 Å². The maximum absolute atomic E-state index is 12.9. The number of piperidine rings is 1.